The molecular weight excluding hydrogens is 238 g/mol. The van der Waals surface area contributed by atoms with Gasteiger partial charge in [-0.3, -0.25) is 9.59 Å². The Morgan fingerprint density at radius 3 is 1.84 bits per heavy atom. The number of imide groups is 1. The van der Waals surface area contributed by atoms with Crippen LogP contribution in [0.3, 0.4) is 0 Å². The van der Waals surface area contributed by atoms with Gasteiger partial charge in [0.1, 0.15) is 0 Å². The van der Waals surface area contributed by atoms with Crippen molar-refractivity contribution in [2.45, 2.75) is 39.5 Å². The zero-order valence-electron chi connectivity index (χ0n) is 11.5. The SMILES string of the molecule is CCc1cccc(CC)c1N1C(=O)[C@H]2CC[C@@H]2C1=O. The number of rotatable bonds is 3. The van der Waals surface area contributed by atoms with E-state index in [9.17, 15) is 9.59 Å². The van der Waals surface area contributed by atoms with Crippen molar-refractivity contribution in [2.24, 2.45) is 11.8 Å². The van der Waals surface area contributed by atoms with E-state index >= 15 is 0 Å². The van der Waals surface area contributed by atoms with Crippen LogP contribution in [0.1, 0.15) is 37.8 Å². The van der Waals surface area contributed by atoms with Crippen molar-refractivity contribution in [1.82, 2.24) is 0 Å². The maximum absolute atomic E-state index is 12.4. The lowest BCUT2D eigenvalue weighted by Gasteiger charge is -2.23. The van der Waals surface area contributed by atoms with Crippen LogP contribution < -0.4 is 4.90 Å². The lowest BCUT2D eigenvalue weighted by Crippen LogP contribution is -2.32. The molecule has 2 amide bonds. The molecule has 1 aliphatic carbocycles. The lowest BCUT2D eigenvalue weighted by molar-refractivity contribution is -0.123. The Kier molecular flexibility index (Phi) is 2.92. The number of hydrogen-bond acceptors (Lipinski definition) is 2. The Bertz CT molecular complexity index is 505. The molecule has 3 rings (SSSR count). The largest absolute Gasteiger partial charge is 0.274 e. The summed E-state index contributed by atoms with van der Waals surface area (Å²) in [6, 6.07) is 6.06. The van der Waals surface area contributed by atoms with Crippen LogP contribution in [-0.2, 0) is 22.4 Å². The van der Waals surface area contributed by atoms with Crippen molar-refractivity contribution in [3.05, 3.63) is 29.3 Å². The van der Waals surface area contributed by atoms with Crippen LogP contribution in [0.25, 0.3) is 0 Å². The minimum atomic E-state index is -0.0397. The second kappa shape index (κ2) is 4.48. The Labute approximate surface area is 113 Å². The number of fused-ring (bicyclic) bond motifs is 1. The number of nitrogens with zero attached hydrogens (tertiary/aromatic N) is 1. The highest BCUT2D eigenvalue weighted by Crippen LogP contribution is 2.45. The number of carbonyl (C=O) groups is 2. The molecule has 0 bridgehead atoms. The summed E-state index contributed by atoms with van der Waals surface area (Å²) in [7, 11) is 0. The van der Waals surface area contributed by atoms with Crippen molar-refractivity contribution in [1.29, 1.82) is 0 Å². The van der Waals surface area contributed by atoms with E-state index in [2.05, 4.69) is 13.8 Å². The van der Waals surface area contributed by atoms with Gasteiger partial charge >= 0.3 is 0 Å². The molecule has 3 heteroatoms. The molecule has 0 N–H and O–H groups in total. The molecule has 1 aliphatic heterocycles. The first-order chi connectivity index (χ1) is 9.19. The highest BCUT2D eigenvalue weighted by molar-refractivity contribution is 6.23. The molecule has 0 radical (unpaired) electrons. The average molecular weight is 257 g/mol. The fourth-order valence-corrected chi connectivity index (χ4v) is 3.25. The monoisotopic (exact) mass is 257 g/mol. The van der Waals surface area contributed by atoms with Crippen LogP contribution in [0.5, 0.6) is 0 Å². The summed E-state index contributed by atoms with van der Waals surface area (Å²) in [6.45, 7) is 4.13. The van der Waals surface area contributed by atoms with E-state index in [0.717, 1.165) is 42.5 Å². The second-order valence-corrected chi connectivity index (χ2v) is 5.43. The summed E-state index contributed by atoms with van der Waals surface area (Å²) in [5.41, 5.74) is 3.07. The van der Waals surface area contributed by atoms with Crippen LogP contribution in [0, 0.1) is 11.8 Å². The topological polar surface area (TPSA) is 37.4 Å². The molecule has 2 atom stereocenters. The van der Waals surface area contributed by atoms with E-state index in [4.69, 9.17) is 0 Å². The fraction of sp³-hybridized carbons (Fsp3) is 0.500. The van der Waals surface area contributed by atoms with Gasteiger partial charge in [-0.2, -0.15) is 0 Å². The van der Waals surface area contributed by atoms with Crippen molar-refractivity contribution < 1.29 is 9.59 Å². The number of hydrogen-bond donors (Lipinski definition) is 0. The van der Waals surface area contributed by atoms with Gasteiger partial charge in [-0.15, -0.1) is 0 Å². The standard InChI is InChI=1S/C16H19NO2/c1-3-10-6-5-7-11(4-2)14(10)17-15(18)12-8-9-13(12)16(17)19/h5-7,12-13H,3-4,8-9H2,1-2H3/t12-,13-/m0/s1. The number of para-hydroxylation sites is 1. The molecule has 2 fully saturated rings. The molecule has 1 saturated heterocycles. The molecule has 0 unspecified atom stereocenters. The summed E-state index contributed by atoms with van der Waals surface area (Å²) < 4.78 is 0. The number of benzene rings is 1. The van der Waals surface area contributed by atoms with Crippen molar-refractivity contribution >= 4 is 17.5 Å². The van der Waals surface area contributed by atoms with Gasteiger partial charge in [0, 0.05) is 0 Å². The lowest BCUT2D eigenvalue weighted by atomic mass is 9.76. The molecule has 1 aromatic rings. The first-order valence-electron chi connectivity index (χ1n) is 7.17. The minimum absolute atomic E-state index is 0.0249. The Morgan fingerprint density at radius 1 is 1.00 bits per heavy atom. The van der Waals surface area contributed by atoms with Crippen LogP contribution in [0.15, 0.2) is 18.2 Å². The molecule has 3 nitrogen and oxygen atoms in total. The van der Waals surface area contributed by atoms with Crippen molar-refractivity contribution in [3.63, 3.8) is 0 Å². The van der Waals surface area contributed by atoms with Gasteiger partial charge in [-0.05, 0) is 36.8 Å². The van der Waals surface area contributed by atoms with Crippen LogP contribution in [-0.4, -0.2) is 11.8 Å². The molecule has 1 heterocycles. The van der Waals surface area contributed by atoms with Crippen LogP contribution in [0.4, 0.5) is 5.69 Å². The zero-order chi connectivity index (χ0) is 13.6. The molecule has 0 aromatic heterocycles. The van der Waals surface area contributed by atoms with Gasteiger partial charge in [0.05, 0.1) is 17.5 Å². The molecule has 100 valence electrons. The van der Waals surface area contributed by atoms with Gasteiger partial charge in [0.15, 0.2) is 0 Å². The molecule has 2 aliphatic rings. The van der Waals surface area contributed by atoms with E-state index in [-0.39, 0.29) is 23.7 Å². The molecule has 0 spiro atoms. The third-order valence-corrected chi connectivity index (χ3v) is 4.54. The van der Waals surface area contributed by atoms with Crippen molar-refractivity contribution in [3.8, 4) is 0 Å². The van der Waals surface area contributed by atoms with E-state index in [0.29, 0.717) is 0 Å². The first-order valence-corrected chi connectivity index (χ1v) is 7.17. The number of aryl methyl sites for hydroxylation is 2. The predicted octanol–water partition coefficient (Wildman–Crippen LogP) is 2.71. The molecular formula is C16H19NO2. The predicted molar refractivity (Wildman–Crippen MR) is 73.9 cm³/mol. The smallest absolute Gasteiger partial charge is 0.237 e. The van der Waals surface area contributed by atoms with Gasteiger partial charge in [-0.25, -0.2) is 4.90 Å². The summed E-state index contributed by atoms with van der Waals surface area (Å²) in [5.74, 6) is -0.0297. The van der Waals surface area contributed by atoms with Crippen LogP contribution >= 0.6 is 0 Å². The second-order valence-electron chi connectivity index (χ2n) is 5.43. The number of amides is 2. The summed E-state index contributed by atoms with van der Waals surface area (Å²) in [4.78, 5) is 26.3. The molecule has 1 saturated carbocycles. The highest BCUT2D eigenvalue weighted by atomic mass is 16.2. The molecule has 19 heavy (non-hydrogen) atoms. The summed E-state index contributed by atoms with van der Waals surface area (Å²) >= 11 is 0. The Balaban J connectivity index is 2.11. The maximum atomic E-state index is 12.4. The normalized spacial score (nSPS) is 25.5. The van der Waals surface area contributed by atoms with E-state index in [1.807, 2.05) is 18.2 Å². The Morgan fingerprint density at radius 2 is 1.47 bits per heavy atom. The third kappa shape index (κ3) is 1.64. The first kappa shape index (κ1) is 12.4. The maximum Gasteiger partial charge on any atom is 0.237 e. The van der Waals surface area contributed by atoms with Gasteiger partial charge in [0.2, 0.25) is 11.8 Å². The third-order valence-electron chi connectivity index (χ3n) is 4.54. The summed E-state index contributed by atoms with van der Waals surface area (Å²) in [5, 5.41) is 0. The van der Waals surface area contributed by atoms with E-state index in [1.54, 1.807) is 0 Å². The zero-order valence-corrected chi connectivity index (χ0v) is 11.5. The van der Waals surface area contributed by atoms with E-state index in [1.165, 1.54) is 4.90 Å². The fourth-order valence-electron chi connectivity index (χ4n) is 3.25. The van der Waals surface area contributed by atoms with E-state index < -0.39 is 0 Å². The van der Waals surface area contributed by atoms with Crippen molar-refractivity contribution in [2.75, 3.05) is 4.90 Å². The number of carbonyl (C=O) groups excluding carboxylic acids is 2. The minimum Gasteiger partial charge on any atom is -0.274 e. The van der Waals surface area contributed by atoms with Crippen LogP contribution in [0.2, 0.25) is 0 Å². The van der Waals surface area contributed by atoms with Gasteiger partial charge < -0.3 is 0 Å². The summed E-state index contributed by atoms with van der Waals surface area (Å²) in [6.07, 6.45) is 3.44. The highest BCUT2D eigenvalue weighted by Gasteiger charge is 2.53. The van der Waals surface area contributed by atoms with Gasteiger partial charge in [-0.1, -0.05) is 32.0 Å². The van der Waals surface area contributed by atoms with Gasteiger partial charge in [0.25, 0.3) is 0 Å². The average Bonchev–Trinajstić information content (AvgIpc) is 2.53. The Hall–Kier alpha value is -1.64. The molecule has 1 aromatic carbocycles. The number of anilines is 1. The quantitative estimate of drug-likeness (QED) is 0.781.